The van der Waals surface area contributed by atoms with Crippen LogP contribution in [0.2, 0.25) is 0 Å². The zero-order valence-corrected chi connectivity index (χ0v) is 20.6. The van der Waals surface area contributed by atoms with E-state index in [1.165, 1.54) is 32.6 Å². The van der Waals surface area contributed by atoms with Gasteiger partial charge in [-0.25, -0.2) is 9.78 Å². The number of carboxylic acid groups (broad SMARTS) is 3. The van der Waals surface area contributed by atoms with E-state index in [4.69, 9.17) is 0 Å². The van der Waals surface area contributed by atoms with E-state index in [1.54, 1.807) is 18.7 Å². The molecule has 9 nitrogen and oxygen atoms in total. The van der Waals surface area contributed by atoms with E-state index in [-0.39, 0.29) is 17.6 Å². The highest BCUT2D eigenvalue weighted by Crippen LogP contribution is 2.49. The molecule has 4 N–H and O–H groups in total. The predicted octanol–water partition coefficient (Wildman–Crippen LogP) is 5.20. The average Bonchev–Trinajstić information content (AvgIpc) is 3.42. The van der Waals surface area contributed by atoms with Crippen molar-refractivity contribution in [2.24, 2.45) is 17.3 Å². The second kappa shape index (κ2) is 15.5. The summed E-state index contributed by atoms with van der Waals surface area (Å²) in [4.78, 5) is 42.5. The van der Waals surface area contributed by atoms with Crippen LogP contribution in [0.25, 0.3) is 0 Å². The van der Waals surface area contributed by atoms with Gasteiger partial charge in [0.25, 0.3) is 0 Å². The van der Waals surface area contributed by atoms with Crippen LogP contribution in [0.15, 0.2) is 42.0 Å². The summed E-state index contributed by atoms with van der Waals surface area (Å²) < 4.78 is 0. The first-order valence-corrected chi connectivity index (χ1v) is 12.2. The van der Waals surface area contributed by atoms with Gasteiger partial charge in [-0.2, -0.15) is 5.26 Å². The third-order valence-corrected chi connectivity index (χ3v) is 6.34. The zero-order chi connectivity index (χ0) is 26.3. The molecule has 2 rings (SSSR count). The first kappa shape index (κ1) is 29.6. The standard InChI is InChI=1S/C23H33NO6.C3H4N2/c1-3-4-5-6-7-8-9-10-11-14-23(22(29)30)18(21(27)28)13-12-17(20(25)26)19(23)16(2)15-24;1-2-5-3-4-1/h12-13,16,18H,3-11,14H2,1-2H3,(H,25,26)(H,27,28)(H,29,30);1-3H,(H,4,5). The highest BCUT2D eigenvalue weighted by atomic mass is 16.4. The van der Waals surface area contributed by atoms with Crippen LogP contribution in [0.4, 0.5) is 0 Å². The summed E-state index contributed by atoms with van der Waals surface area (Å²) >= 11 is 0. The second-order valence-corrected chi connectivity index (χ2v) is 8.77. The van der Waals surface area contributed by atoms with E-state index in [9.17, 15) is 35.0 Å². The molecule has 0 spiro atoms. The van der Waals surface area contributed by atoms with Gasteiger partial charge in [0, 0.05) is 12.4 Å². The Balaban J connectivity index is 0.00000108. The Kier molecular flexibility index (Phi) is 13.1. The minimum atomic E-state index is -1.94. The van der Waals surface area contributed by atoms with Gasteiger partial charge in [0.05, 0.1) is 29.8 Å². The number of nitriles is 1. The van der Waals surface area contributed by atoms with Gasteiger partial charge in [0.15, 0.2) is 0 Å². The average molecular weight is 488 g/mol. The molecule has 1 aromatic heterocycles. The molecule has 0 aliphatic heterocycles. The van der Waals surface area contributed by atoms with Gasteiger partial charge < -0.3 is 20.3 Å². The Morgan fingerprint density at radius 1 is 1.09 bits per heavy atom. The number of unbranched alkanes of at least 4 members (excludes halogenated alkanes) is 8. The van der Waals surface area contributed by atoms with E-state index < -0.39 is 35.2 Å². The highest BCUT2D eigenvalue weighted by molar-refractivity contribution is 5.97. The molecule has 0 aromatic carbocycles. The normalized spacial score (nSPS) is 19.9. The maximum Gasteiger partial charge on any atom is 0.335 e. The summed E-state index contributed by atoms with van der Waals surface area (Å²) in [5, 5.41) is 38.8. The lowest BCUT2D eigenvalue weighted by Crippen LogP contribution is -2.47. The van der Waals surface area contributed by atoms with Crippen LogP contribution in [0.1, 0.15) is 78.1 Å². The number of imidazole rings is 1. The number of rotatable bonds is 14. The number of aromatic amines is 1. The van der Waals surface area contributed by atoms with E-state index in [0.717, 1.165) is 37.8 Å². The van der Waals surface area contributed by atoms with Crippen LogP contribution in [-0.4, -0.2) is 43.2 Å². The fourth-order valence-electron chi connectivity index (χ4n) is 4.59. The van der Waals surface area contributed by atoms with Crippen molar-refractivity contribution in [1.82, 2.24) is 9.97 Å². The fourth-order valence-corrected chi connectivity index (χ4v) is 4.59. The lowest BCUT2D eigenvalue weighted by Gasteiger charge is -2.40. The summed E-state index contributed by atoms with van der Waals surface area (Å²) in [7, 11) is 0. The first-order chi connectivity index (χ1) is 16.7. The van der Waals surface area contributed by atoms with Gasteiger partial charge in [-0.3, -0.25) is 9.59 Å². The zero-order valence-electron chi connectivity index (χ0n) is 20.6. The third kappa shape index (κ3) is 8.39. The maximum absolute atomic E-state index is 12.4. The van der Waals surface area contributed by atoms with Crippen molar-refractivity contribution in [2.45, 2.75) is 78.1 Å². The molecule has 192 valence electrons. The van der Waals surface area contributed by atoms with Crippen molar-refractivity contribution in [3.8, 4) is 6.07 Å². The number of H-pyrrole nitrogens is 1. The molecule has 0 bridgehead atoms. The molecule has 3 atom stereocenters. The fraction of sp³-hybridized carbons (Fsp3) is 0.577. The van der Waals surface area contributed by atoms with E-state index >= 15 is 0 Å². The minimum Gasteiger partial charge on any atom is -0.481 e. The molecular weight excluding hydrogens is 450 g/mol. The predicted molar refractivity (Wildman–Crippen MR) is 130 cm³/mol. The minimum absolute atomic E-state index is 0.0163. The number of aliphatic carboxylic acids is 3. The van der Waals surface area contributed by atoms with Gasteiger partial charge in [-0.1, -0.05) is 76.9 Å². The van der Waals surface area contributed by atoms with Crippen molar-refractivity contribution in [2.75, 3.05) is 0 Å². The number of nitrogens with one attached hydrogen (secondary N) is 1. The molecule has 1 aliphatic carbocycles. The van der Waals surface area contributed by atoms with Crippen molar-refractivity contribution in [1.29, 1.82) is 5.26 Å². The van der Waals surface area contributed by atoms with E-state index in [0.29, 0.717) is 6.42 Å². The van der Waals surface area contributed by atoms with Crippen LogP contribution < -0.4 is 0 Å². The van der Waals surface area contributed by atoms with Crippen molar-refractivity contribution in [3.05, 3.63) is 42.0 Å². The van der Waals surface area contributed by atoms with E-state index in [1.807, 2.05) is 6.07 Å². The van der Waals surface area contributed by atoms with Gasteiger partial charge in [-0.15, -0.1) is 0 Å². The molecule has 0 fully saturated rings. The molecule has 0 radical (unpaired) electrons. The van der Waals surface area contributed by atoms with Gasteiger partial charge in [0.2, 0.25) is 0 Å². The lowest BCUT2D eigenvalue weighted by molar-refractivity contribution is -0.158. The SMILES string of the molecule is CCCCCCCCCCCC1(C(=O)O)C(C(C)C#N)=C(C(=O)O)C=CC1C(=O)O.c1c[nH]cn1. The molecular formula is C26H37N3O6. The Bertz CT molecular complexity index is 899. The van der Waals surface area contributed by atoms with Gasteiger partial charge in [-0.05, 0) is 18.9 Å². The van der Waals surface area contributed by atoms with Crippen molar-refractivity contribution >= 4 is 17.9 Å². The number of nitrogens with zero attached hydrogens (tertiary/aromatic N) is 2. The smallest absolute Gasteiger partial charge is 0.335 e. The molecule has 1 aliphatic rings. The first-order valence-electron chi connectivity index (χ1n) is 12.2. The third-order valence-electron chi connectivity index (χ3n) is 6.34. The number of carboxylic acids is 3. The van der Waals surface area contributed by atoms with Crippen LogP contribution >= 0.6 is 0 Å². The van der Waals surface area contributed by atoms with Crippen LogP contribution in [0.5, 0.6) is 0 Å². The number of hydrogen-bond acceptors (Lipinski definition) is 5. The van der Waals surface area contributed by atoms with E-state index in [2.05, 4.69) is 16.9 Å². The van der Waals surface area contributed by atoms with Crippen molar-refractivity contribution < 1.29 is 29.7 Å². The molecule has 0 saturated heterocycles. The Labute approximate surface area is 206 Å². The summed E-state index contributed by atoms with van der Waals surface area (Å²) in [6, 6.07) is 1.91. The summed E-state index contributed by atoms with van der Waals surface area (Å²) in [5.41, 5.74) is -2.34. The Morgan fingerprint density at radius 3 is 2.09 bits per heavy atom. The monoisotopic (exact) mass is 487 g/mol. The largest absolute Gasteiger partial charge is 0.481 e. The molecule has 9 heteroatoms. The maximum atomic E-state index is 12.4. The Morgan fingerprint density at radius 2 is 1.69 bits per heavy atom. The quantitative estimate of drug-likeness (QED) is 0.260. The van der Waals surface area contributed by atoms with Gasteiger partial charge in [0.1, 0.15) is 5.41 Å². The van der Waals surface area contributed by atoms with Crippen LogP contribution in [0.3, 0.4) is 0 Å². The molecule has 0 amide bonds. The topological polar surface area (TPSA) is 164 Å². The van der Waals surface area contributed by atoms with Gasteiger partial charge >= 0.3 is 17.9 Å². The highest BCUT2D eigenvalue weighted by Gasteiger charge is 2.55. The molecule has 3 unspecified atom stereocenters. The summed E-state index contributed by atoms with van der Waals surface area (Å²) in [5.74, 6) is -6.54. The molecule has 35 heavy (non-hydrogen) atoms. The molecule has 1 heterocycles. The number of carbonyl (C=O) groups is 3. The summed E-state index contributed by atoms with van der Waals surface area (Å²) in [6.45, 7) is 3.58. The van der Waals surface area contributed by atoms with Crippen molar-refractivity contribution in [3.63, 3.8) is 0 Å². The Hall–Kier alpha value is -3.41. The second-order valence-electron chi connectivity index (χ2n) is 8.77. The summed E-state index contributed by atoms with van der Waals surface area (Å²) in [6.07, 6.45) is 16.4. The number of aromatic nitrogens is 2. The molecule has 0 saturated carbocycles. The number of hydrogen-bond donors (Lipinski definition) is 4. The lowest BCUT2D eigenvalue weighted by atomic mass is 9.60. The van der Waals surface area contributed by atoms with Crippen LogP contribution in [0, 0.1) is 28.6 Å². The van der Waals surface area contributed by atoms with Crippen LogP contribution in [-0.2, 0) is 14.4 Å². The molecule has 1 aromatic rings.